The SMILES string of the molecule is CCOC(=O)C1=C(C=O)/C(=C2\C[C@H](CO)C(=O)[C@@H](c3ccc4c(c3)=CCN=4)C2)c2c(OC)c3c(c(CO)c2O1)O[C@H]([C@@](C)(O)C1CCCC1)C3. The minimum Gasteiger partial charge on any atom is -0.496 e. The van der Waals surface area contributed by atoms with Gasteiger partial charge in [0, 0.05) is 29.4 Å². The highest BCUT2D eigenvalue weighted by molar-refractivity contribution is 6.11. The largest absolute Gasteiger partial charge is 0.496 e. The molecule has 264 valence electrons. The molecule has 11 nitrogen and oxygen atoms in total. The first-order valence-electron chi connectivity index (χ1n) is 17.5. The van der Waals surface area contributed by atoms with Crippen LogP contribution >= 0.6 is 0 Å². The van der Waals surface area contributed by atoms with Crippen LogP contribution in [0.5, 0.6) is 17.2 Å². The van der Waals surface area contributed by atoms with Gasteiger partial charge < -0.3 is 34.3 Å². The van der Waals surface area contributed by atoms with Gasteiger partial charge in [-0.05, 0) is 68.4 Å². The highest BCUT2D eigenvalue weighted by atomic mass is 16.6. The molecule has 3 aliphatic heterocycles. The van der Waals surface area contributed by atoms with Crippen molar-refractivity contribution in [3.05, 3.63) is 67.9 Å². The summed E-state index contributed by atoms with van der Waals surface area (Å²) in [5, 5.41) is 35.0. The fourth-order valence-corrected chi connectivity index (χ4v) is 8.62. The van der Waals surface area contributed by atoms with Gasteiger partial charge in [0.1, 0.15) is 34.7 Å². The third-order valence-electron chi connectivity index (χ3n) is 11.2. The Kier molecular flexibility index (Phi) is 9.17. The molecule has 0 radical (unpaired) electrons. The first-order chi connectivity index (χ1) is 24.2. The molecule has 0 amide bonds. The van der Waals surface area contributed by atoms with Gasteiger partial charge in [-0.1, -0.05) is 30.6 Å². The normalized spacial score (nSPS) is 25.4. The van der Waals surface area contributed by atoms with Crippen molar-refractivity contribution in [2.75, 3.05) is 26.9 Å². The summed E-state index contributed by atoms with van der Waals surface area (Å²) >= 11 is 0. The summed E-state index contributed by atoms with van der Waals surface area (Å²) in [6, 6.07) is 5.70. The number of fused-ring (bicyclic) bond motifs is 3. The second-order valence-corrected chi connectivity index (χ2v) is 14.0. The maximum absolute atomic E-state index is 13.9. The standard InChI is InChI=1S/C39H43NO10/c1-4-48-38(45)37-27(18-42)31(22-14-23(17-41)33(44)25(15-22)20-9-10-29-21(13-20)11-12-40-29)32-35(47-3)26-16-30(39(2,46)24-7-5-6-8-24)49-34(26)28(19-43)36(32)50-37/h9-11,13,18,23-25,30,41,43,46H,4-8,12,14-17,19H2,1-3H3/b31-22-/t23-,25-,30+,39+/m1/s1. The molecule has 0 bridgehead atoms. The number of methoxy groups -OCH3 is 1. The number of aldehydes is 1. The first-order valence-corrected chi connectivity index (χ1v) is 17.5. The summed E-state index contributed by atoms with van der Waals surface area (Å²) in [4.78, 5) is 44.9. The number of hydrogen-bond acceptors (Lipinski definition) is 11. The lowest BCUT2D eigenvalue weighted by Crippen LogP contribution is -2.47. The van der Waals surface area contributed by atoms with Crippen LogP contribution in [0.25, 0.3) is 11.6 Å². The van der Waals surface area contributed by atoms with Gasteiger partial charge in [0.05, 0.1) is 55.5 Å². The molecule has 2 aromatic carbocycles. The average Bonchev–Trinajstić information content (AvgIpc) is 3.92. The van der Waals surface area contributed by atoms with Crippen molar-refractivity contribution in [1.29, 1.82) is 0 Å². The quantitative estimate of drug-likeness (QED) is 0.265. The predicted molar refractivity (Wildman–Crippen MR) is 181 cm³/mol. The second kappa shape index (κ2) is 13.4. The lowest BCUT2D eigenvalue weighted by atomic mass is 9.71. The number of nitrogens with zero attached hydrogens (tertiary/aromatic N) is 1. The molecule has 2 fully saturated rings. The first kappa shape index (κ1) is 34.1. The Morgan fingerprint density at radius 2 is 1.92 bits per heavy atom. The van der Waals surface area contributed by atoms with Crippen LogP contribution < -0.4 is 24.8 Å². The van der Waals surface area contributed by atoms with E-state index < -0.39 is 42.7 Å². The monoisotopic (exact) mass is 685 g/mol. The minimum atomic E-state index is -1.18. The van der Waals surface area contributed by atoms with Crippen molar-refractivity contribution in [2.24, 2.45) is 16.8 Å². The van der Waals surface area contributed by atoms with Crippen LogP contribution in [-0.2, 0) is 32.1 Å². The minimum absolute atomic E-state index is 0.0167. The van der Waals surface area contributed by atoms with Gasteiger partial charge in [-0.2, -0.15) is 0 Å². The highest BCUT2D eigenvalue weighted by Gasteiger charge is 2.49. The zero-order valence-electron chi connectivity index (χ0n) is 28.6. The molecule has 50 heavy (non-hydrogen) atoms. The van der Waals surface area contributed by atoms with Gasteiger partial charge in [-0.25, -0.2) is 4.79 Å². The number of aliphatic hydroxyl groups is 3. The van der Waals surface area contributed by atoms with Crippen LogP contribution in [0.3, 0.4) is 0 Å². The number of benzene rings is 2. The molecule has 0 unspecified atom stereocenters. The number of carbonyl (C=O) groups excluding carboxylic acids is 3. The topological polar surface area (TPSA) is 161 Å². The number of Topliss-reactive ketones (excluding diaryl/α,β-unsaturated/α-hetero) is 1. The highest BCUT2D eigenvalue weighted by Crippen LogP contribution is 2.57. The number of allylic oxidation sites excluding steroid dienone is 3. The van der Waals surface area contributed by atoms with Crippen LogP contribution in [-0.4, -0.2) is 71.9 Å². The fourth-order valence-electron chi connectivity index (χ4n) is 8.62. The van der Waals surface area contributed by atoms with Crippen LogP contribution in [0.4, 0.5) is 0 Å². The van der Waals surface area contributed by atoms with Crippen molar-refractivity contribution in [1.82, 2.24) is 0 Å². The Hall–Kier alpha value is -4.32. The molecule has 3 N–H and O–H groups in total. The van der Waals surface area contributed by atoms with Crippen molar-refractivity contribution < 1.29 is 48.7 Å². The number of ether oxygens (including phenoxy) is 4. The molecule has 0 saturated heterocycles. The number of ketones is 1. The van der Waals surface area contributed by atoms with Gasteiger partial charge in [-0.3, -0.25) is 14.6 Å². The summed E-state index contributed by atoms with van der Waals surface area (Å²) in [7, 11) is 1.49. The molecule has 7 rings (SSSR count). The molecule has 5 aliphatic rings. The van der Waals surface area contributed by atoms with Crippen LogP contribution in [0, 0.1) is 11.8 Å². The summed E-state index contributed by atoms with van der Waals surface area (Å²) in [6.07, 6.45) is 6.26. The second-order valence-electron chi connectivity index (χ2n) is 14.0. The van der Waals surface area contributed by atoms with Crippen molar-refractivity contribution in [3.63, 3.8) is 0 Å². The molecule has 2 aliphatic carbocycles. The van der Waals surface area contributed by atoms with E-state index >= 15 is 0 Å². The van der Waals surface area contributed by atoms with Crippen molar-refractivity contribution in [3.8, 4) is 17.2 Å². The van der Waals surface area contributed by atoms with Crippen molar-refractivity contribution >= 4 is 29.7 Å². The smallest absolute Gasteiger partial charge is 0.375 e. The van der Waals surface area contributed by atoms with Crippen LogP contribution in [0.2, 0.25) is 0 Å². The Balaban J connectivity index is 1.45. The number of hydrogen-bond donors (Lipinski definition) is 3. The zero-order valence-corrected chi connectivity index (χ0v) is 28.6. The van der Waals surface area contributed by atoms with E-state index in [0.29, 0.717) is 46.6 Å². The Morgan fingerprint density at radius 3 is 2.60 bits per heavy atom. The molecule has 2 saturated carbocycles. The average molecular weight is 686 g/mol. The summed E-state index contributed by atoms with van der Waals surface area (Å²) in [5.74, 6) is -2.05. The van der Waals surface area contributed by atoms with Gasteiger partial charge in [0.25, 0.3) is 0 Å². The van der Waals surface area contributed by atoms with Gasteiger partial charge >= 0.3 is 5.97 Å². The molecule has 11 heteroatoms. The molecular formula is C39H43NO10. The van der Waals surface area contributed by atoms with E-state index in [1.807, 2.05) is 24.3 Å². The van der Waals surface area contributed by atoms with Gasteiger partial charge in [-0.15, -0.1) is 0 Å². The fraction of sp³-hybridized carbons (Fsp3) is 0.487. The van der Waals surface area contributed by atoms with Crippen LogP contribution in [0.15, 0.2) is 40.1 Å². The third kappa shape index (κ3) is 5.46. The molecular weight excluding hydrogens is 642 g/mol. The summed E-state index contributed by atoms with van der Waals surface area (Å²) in [6.45, 7) is 3.05. The number of rotatable bonds is 9. The van der Waals surface area contributed by atoms with Gasteiger partial charge in [0.2, 0.25) is 5.76 Å². The Morgan fingerprint density at radius 1 is 1.14 bits per heavy atom. The van der Waals surface area contributed by atoms with E-state index in [-0.39, 0.29) is 60.2 Å². The van der Waals surface area contributed by atoms with E-state index in [0.717, 1.165) is 41.8 Å². The number of carbonyl (C=O) groups is 3. The predicted octanol–water partition coefficient (Wildman–Crippen LogP) is 2.76. The Bertz CT molecular complexity index is 1950. The zero-order chi connectivity index (χ0) is 35.3. The molecule has 2 aromatic rings. The summed E-state index contributed by atoms with van der Waals surface area (Å²) < 4.78 is 24.1. The maximum atomic E-state index is 13.9. The lowest BCUT2D eigenvalue weighted by molar-refractivity contribution is -0.141. The molecule has 0 spiro atoms. The third-order valence-corrected chi connectivity index (χ3v) is 11.2. The van der Waals surface area contributed by atoms with Gasteiger partial charge in [0.15, 0.2) is 6.29 Å². The summed E-state index contributed by atoms with van der Waals surface area (Å²) in [5.41, 5.74) is 1.67. The Labute approximate surface area is 289 Å². The van der Waals surface area contributed by atoms with E-state index in [2.05, 4.69) is 4.99 Å². The lowest BCUT2D eigenvalue weighted by Gasteiger charge is -2.35. The van der Waals surface area contributed by atoms with E-state index in [4.69, 9.17) is 18.9 Å². The van der Waals surface area contributed by atoms with E-state index in [1.165, 1.54) is 7.11 Å². The van der Waals surface area contributed by atoms with E-state index in [9.17, 15) is 29.7 Å². The molecule has 0 aromatic heterocycles. The molecule has 3 heterocycles. The van der Waals surface area contributed by atoms with E-state index in [1.54, 1.807) is 13.8 Å². The van der Waals surface area contributed by atoms with Crippen LogP contribution in [0.1, 0.15) is 80.5 Å². The number of esters is 1. The number of aliphatic hydroxyl groups excluding tert-OH is 2. The van der Waals surface area contributed by atoms with Crippen molar-refractivity contribution in [2.45, 2.75) is 83.0 Å². The maximum Gasteiger partial charge on any atom is 0.375 e. The molecule has 4 atom stereocenters.